The van der Waals surface area contributed by atoms with Gasteiger partial charge in [-0.15, -0.1) is 11.3 Å². The monoisotopic (exact) mass is 311 g/mol. The van der Waals surface area contributed by atoms with Gasteiger partial charge in [0, 0.05) is 29.9 Å². The van der Waals surface area contributed by atoms with Gasteiger partial charge >= 0.3 is 0 Å². The maximum absolute atomic E-state index is 12.1. The van der Waals surface area contributed by atoms with Crippen molar-refractivity contribution in [1.29, 1.82) is 0 Å². The molecule has 0 fully saturated rings. The summed E-state index contributed by atoms with van der Waals surface area (Å²) >= 11 is 1.42. The summed E-state index contributed by atoms with van der Waals surface area (Å²) in [6.07, 6.45) is 5.40. The number of aromatic nitrogens is 3. The number of carbonyl (C=O) groups is 1. The molecule has 2 aromatic heterocycles. The minimum Gasteiger partial charge on any atom is -0.382 e. The molecule has 3 rings (SSSR count). The maximum Gasteiger partial charge on any atom is 0.279 e. The number of benzene rings is 1. The van der Waals surface area contributed by atoms with Crippen molar-refractivity contribution in [2.75, 3.05) is 11.1 Å². The summed E-state index contributed by atoms with van der Waals surface area (Å²) in [7, 11) is 0. The Bertz CT molecular complexity index is 787. The summed E-state index contributed by atoms with van der Waals surface area (Å²) in [6.45, 7) is 0. The molecular formula is C15H13N5OS. The van der Waals surface area contributed by atoms with Crippen molar-refractivity contribution in [3.8, 4) is 0 Å². The van der Waals surface area contributed by atoms with E-state index in [-0.39, 0.29) is 11.5 Å². The van der Waals surface area contributed by atoms with Crippen molar-refractivity contribution in [1.82, 2.24) is 15.0 Å². The normalized spacial score (nSPS) is 10.4. The van der Waals surface area contributed by atoms with Crippen molar-refractivity contribution in [3.05, 3.63) is 65.1 Å². The number of amides is 1. The Kier molecular flexibility index (Phi) is 4.06. The van der Waals surface area contributed by atoms with E-state index in [0.717, 1.165) is 11.3 Å². The van der Waals surface area contributed by atoms with E-state index in [1.54, 1.807) is 6.20 Å². The van der Waals surface area contributed by atoms with Crippen LogP contribution in [0.5, 0.6) is 0 Å². The molecule has 0 saturated carbocycles. The van der Waals surface area contributed by atoms with Crippen LogP contribution in [0.1, 0.15) is 20.9 Å². The number of nitrogens with zero attached hydrogens (tertiary/aromatic N) is 3. The molecule has 22 heavy (non-hydrogen) atoms. The molecule has 0 aliphatic carbocycles. The summed E-state index contributed by atoms with van der Waals surface area (Å²) in [5.74, 6) is -0.313. The van der Waals surface area contributed by atoms with Crippen molar-refractivity contribution in [2.24, 2.45) is 0 Å². The first-order valence-electron chi connectivity index (χ1n) is 6.59. The third-order valence-electron chi connectivity index (χ3n) is 2.94. The predicted molar refractivity (Wildman–Crippen MR) is 85.8 cm³/mol. The lowest BCUT2D eigenvalue weighted by Crippen LogP contribution is -2.16. The van der Waals surface area contributed by atoms with Crippen molar-refractivity contribution < 1.29 is 4.79 Å². The molecule has 3 aromatic rings. The zero-order valence-electron chi connectivity index (χ0n) is 11.6. The molecule has 110 valence electrons. The van der Waals surface area contributed by atoms with E-state index in [1.807, 2.05) is 18.2 Å². The van der Waals surface area contributed by atoms with E-state index in [9.17, 15) is 4.79 Å². The Hall–Kier alpha value is -2.80. The van der Waals surface area contributed by atoms with Crippen LogP contribution < -0.4 is 11.1 Å². The Morgan fingerprint density at radius 2 is 1.91 bits per heavy atom. The number of rotatable bonds is 4. The van der Waals surface area contributed by atoms with Crippen molar-refractivity contribution in [3.63, 3.8) is 0 Å². The third-order valence-corrected chi connectivity index (χ3v) is 3.85. The highest BCUT2D eigenvalue weighted by Gasteiger charge is 2.14. The molecule has 0 aliphatic heterocycles. The largest absolute Gasteiger partial charge is 0.382 e. The van der Waals surface area contributed by atoms with Gasteiger partial charge in [0.05, 0.1) is 0 Å². The molecule has 2 heterocycles. The fourth-order valence-corrected chi connectivity index (χ4v) is 2.77. The fourth-order valence-electron chi connectivity index (χ4n) is 1.92. The van der Waals surface area contributed by atoms with Gasteiger partial charge in [-0.1, -0.05) is 30.3 Å². The van der Waals surface area contributed by atoms with Crippen molar-refractivity contribution >= 4 is 28.2 Å². The summed E-state index contributed by atoms with van der Waals surface area (Å²) in [5.41, 5.74) is 6.93. The van der Waals surface area contributed by atoms with Crippen molar-refractivity contribution in [2.45, 2.75) is 6.42 Å². The number of hydrogen-bond acceptors (Lipinski definition) is 6. The molecule has 0 unspecified atom stereocenters. The van der Waals surface area contributed by atoms with Crippen LogP contribution in [0.4, 0.5) is 10.9 Å². The number of carbonyl (C=O) groups excluding carboxylic acids is 1. The molecule has 0 spiro atoms. The molecule has 3 N–H and O–H groups in total. The number of anilines is 2. The first kappa shape index (κ1) is 14.2. The van der Waals surface area contributed by atoms with Gasteiger partial charge in [0.2, 0.25) is 0 Å². The quantitative estimate of drug-likeness (QED) is 0.771. The number of nitrogens with one attached hydrogen (secondary N) is 1. The van der Waals surface area contributed by atoms with Crippen LogP contribution in [0.3, 0.4) is 0 Å². The lowest BCUT2D eigenvalue weighted by atomic mass is 10.1. The molecular weight excluding hydrogens is 298 g/mol. The van der Waals surface area contributed by atoms with E-state index >= 15 is 0 Å². The van der Waals surface area contributed by atoms with Crippen LogP contribution >= 0.6 is 11.3 Å². The van der Waals surface area contributed by atoms with Gasteiger partial charge < -0.3 is 5.73 Å². The van der Waals surface area contributed by atoms with Crippen LogP contribution in [-0.4, -0.2) is 20.9 Å². The summed E-state index contributed by atoms with van der Waals surface area (Å²) in [4.78, 5) is 25.1. The summed E-state index contributed by atoms with van der Waals surface area (Å²) < 4.78 is 0. The molecule has 1 aromatic carbocycles. The summed E-state index contributed by atoms with van der Waals surface area (Å²) in [6, 6.07) is 10.1. The van der Waals surface area contributed by atoms with Gasteiger partial charge in [-0.3, -0.25) is 10.1 Å². The van der Waals surface area contributed by atoms with Crippen LogP contribution in [0, 0.1) is 0 Å². The van der Waals surface area contributed by atoms with E-state index < -0.39 is 5.91 Å². The number of nitrogens with two attached hydrogens (primary N) is 1. The van der Waals surface area contributed by atoms with Gasteiger partial charge in [-0.05, 0) is 5.56 Å². The molecule has 1 amide bonds. The molecule has 0 aliphatic rings. The SMILES string of the molecule is Nc1nccnc1C(=O)Nc1ncc(Cc2ccccc2)s1. The van der Waals surface area contributed by atoms with E-state index in [0.29, 0.717) is 5.13 Å². The minimum atomic E-state index is -0.411. The topological polar surface area (TPSA) is 93.8 Å². The van der Waals surface area contributed by atoms with Gasteiger partial charge in [0.25, 0.3) is 5.91 Å². The lowest BCUT2D eigenvalue weighted by Gasteiger charge is -2.02. The third kappa shape index (κ3) is 3.26. The second-order valence-electron chi connectivity index (χ2n) is 4.54. The Morgan fingerprint density at radius 1 is 1.14 bits per heavy atom. The van der Waals surface area contributed by atoms with Crippen LogP contribution in [-0.2, 0) is 6.42 Å². The van der Waals surface area contributed by atoms with E-state index in [4.69, 9.17) is 5.73 Å². The predicted octanol–water partition coefficient (Wildman–Crippen LogP) is 2.36. The van der Waals surface area contributed by atoms with Gasteiger partial charge in [-0.2, -0.15) is 0 Å². The first-order chi connectivity index (χ1) is 10.7. The highest BCUT2D eigenvalue weighted by Crippen LogP contribution is 2.21. The molecule has 0 atom stereocenters. The van der Waals surface area contributed by atoms with Gasteiger partial charge in [0.15, 0.2) is 16.6 Å². The first-order valence-corrected chi connectivity index (χ1v) is 7.40. The van der Waals surface area contributed by atoms with Gasteiger partial charge in [-0.25, -0.2) is 15.0 Å². The summed E-state index contributed by atoms with van der Waals surface area (Å²) in [5, 5.41) is 3.21. The van der Waals surface area contributed by atoms with Gasteiger partial charge in [0.1, 0.15) is 0 Å². The molecule has 0 saturated heterocycles. The highest BCUT2D eigenvalue weighted by atomic mass is 32.1. The smallest absolute Gasteiger partial charge is 0.279 e. The van der Waals surface area contributed by atoms with Crippen LogP contribution in [0.2, 0.25) is 0 Å². The molecule has 6 nitrogen and oxygen atoms in total. The molecule has 0 bridgehead atoms. The molecule has 0 radical (unpaired) electrons. The number of nitrogen functional groups attached to an aromatic ring is 1. The maximum atomic E-state index is 12.1. The standard InChI is InChI=1S/C15H13N5OS/c16-13-12(17-6-7-18-13)14(21)20-15-19-9-11(22-15)8-10-4-2-1-3-5-10/h1-7,9H,8H2,(H2,16,18)(H,19,20,21). The van der Waals surface area contributed by atoms with Crippen LogP contribution in [0.25, 0.3) is 0 Å². The van der Waals surface area contributed by atoms with E-state index in [1.165, 1.54) is 29.3 Å². The van der Waals surface area contributed by atoms with Crippen LogP contribution in [0.15, 0.2) is 48.9 Å². The number of hydrogen-bond donors (Lipinski definition) is 2. The second kappa shape index (κ2) is 6.31. The average molecular weight is 311 g/mol. The Balaban J connectivity index is 1.69. The number of thiazole rings is 1. The zero-order valence-corrected chi connectivity index (χ0v) is 12.4. The average Bonchev–Trinajstić information content (AvgIpc) is 2.95. The molecule has 7 heteroatoms. The Morgan fingerprint density at radius 3 is 2.68 bits per heavy atom. The Labute approximate surface area is 131 Å². The zero-order chi connectivity index (χ0) is 15.4. The lowest BCUT2D eigenvalue weighted by molar-refractivity contribution is 0.102. The second-order valence-corrected chi connectivity index (χ2v) is 5.65. The minimum absolute atomic E-state index is 0.0982. The fraction of sp³-hybridized carbons (Fsp3) is 0.0667. The highest BCUT2D eigenvalue weighted by molar-refractivity contribution is 7.15. The van der Waals surface area contributed by atoms with E-state index in [2.05, 4.69) is 32.4 Å².